The normalized spacial score (nSPS) is 13.4. The number of hydrogen-bond acceptors (Lipinski definition) is 4. The van der Waals surface area contributed by atoms with E-state index in [0.29, 0.717) is 10.6 Å². The highest BCUT2D eigenvalue weighted by atomic mass is 35.5. The van der Waals surface area contributed by atoms with Crippen LogP contribution in [0.25, 0.3) is 0 Å². The fourth-order valence-corrected chi connectivity index (χ4v) is 3.54. The first-order valence-corrected chi connectivity index (χ1v) is 8.47. The minimum absolute atomic E-state index is 0.141. The van der Waals surface area contributed by atoms with E-state index in [1.165, 1.54) is 0 Å². The summed E-state index contributed by atoms with van der Waals surface area (Å²) in [6.45, 7) is 3.06. The van der Waals surface area contributed by atoms with Gasteiger partial charge in [-0.1, -0.05) is 36.7 Å². The van der Waals surface area contributed by atoms with Gasteiger partial charge < -0.3 is 10.4 Å². The van der Waals surface area contributed by atoms with Crippen LogP contribution in [-0.4, -0.2) is 38.5 Å². The van der Waals surface area contributed by atoms with Gasteiger partial charge in [-0.05, 0) is 24.6 Å². The van der Waals surface area contributed by atoms with Crippen LogP contribution >= 0.6 is 11.6 Å². The van der Waals surface area contributed by atoms with Crippen LogP contribution in [0.5, 0.6) is 0 Å². The van der Waals surface area contributed by atoms with E-state index in [2.05, 4.69) is 5.32 Å². The number of halogens is 1. The van der Waals surface area contributed by atoms with Gasteiger partial charge in [0.1, 0.15) is 0 Å². The van der Waals surface area contributed by atoms with Crippen molar-refractivity contribution in [2.24, 2.45) is 0 Å². The number of sulfone groups is 1. The molecule has 0 radical (unpaired) electrons. The highest BCUT2D eigenvalue weighted by molar-refractivity contribution is 7.90. The summed E-state index contributed by atoms with van der Waals surface area (Å²) in [6, 6.07) is 6.84. The van der Waals surface area contributed by atoms with E-state index in [1.54, 1.807) is 24.3 Å². The quantitative estimate of drug-likeness (QED) is 0.716. The van der Waals surface area contributed by atoms with Crippen molar-refractivity contribution in [3.05, 3.63) is 34.9 Å². The molecule has 0 heterocycles. The van der Waals surface area contributed by atoms with Crippen LogP contribution in [-0.2, 0) is 15.6 Å². The average molecular weight is 306 g/mol. The van der Waals surface area contributed by atoms with Crippen molar-refractivity contribution in [3.63, 3.8) is 0 Å². The predicted molar refractivity (Wildman–Crippen MR) is 78.1 cm³/mol. The minimum Gasteiger partial charge on any atom is -0.391 e. The van der Waals surface area contributed by atoms with E-state index in [9.17, 15) is 13.5 Å². The topological polar surface area (TPSA) is 66.4 Å². The van der Waals surface area contributed by atoms with Crippen LogP contribution < -0.4 is 5.32 Å². The largest absolute Gasteiger partial charge is 0.391 e. The van der Waals surface area contributed by atoms with Gasteiger partial charge in [-0.25, -0.2) is 8.42 Å². The van der Waals surface area contributed by atoms with Crippen molar-refractivity contribution in [2.45, 2.75) is 25.2 Å². The summed E-state index contributed by atoms with van der Waals surface area (Å²) in [6.07, 6.45) is 0.0538. The summed E-state index contributed by atoms with van der Waals surface area (Å²) < 4.78 is 23.9. The summed E-state index contributed by atoms with van der Waals surface area (Å²) in [7, 11) is -3.37. The lowest BCUT2D eigenvalue weighted by molar-refractivity contribution is 0.194. The molecule has 6 heteroatoms. The second-order valence-corrected chi connectivity index (χ2v) is 7.02. The van der Waals surface area contributed by atoms with Crippen molar-refractivity contribution in [1.82, 2.24) is 5.32 Å². The van der Waals surface area contributed by atoms with E-state index in [-0.39, 0.29) is 18.1 Å². The lowest BCUT2D eigenvalue weighted by Gasteiger charge is -2.12. The van der Waals surface area contributed by atoms with Crippen LogP contribution in [0.15, 0.2) is 24.3 Å². The number of hydrogen-bond donors (Lipinski definition) is 2. The summed E-state index contributed by atoms with van der Waals surface area (Å²) in [5.41, 5.74) is 0.567. The molecule has 4 nitrogen and oxygen atoms in total. The maximum atomic E-state index is 11.9. The van der Waals surface area contributed by atoms with Crippen molar-refractivity contribution >= 4 is 21.4 Å². The molecule has 1 aromatic rings. The number of nitrogens with one attached hydrogen (secondary N) is 1. The van der Waals surface area contributed by atoms with Gasteiger partial charge >= 0.3 is 0 Å². The van der Waals surface area contributed by atoms with Crippen molar-refractivity contribution in [2.75, 3.05) is 18.8 Å². The molecule has 19 heavy (non-hydrogen) atoms. The Morgan fingerprint density at radius 1 is 1.37 bits per heavy atom. The molecule has 2 N–H and O–H groups in total. The van der Waals surface area contributed by atoms with Gasteiger partial charge in [0.05, 0.1) is 17.6 Å². The molecule has 1 rings (SSSR count). The van der Waals surface area contributed by atoms with Crippen LogP contribution in [0.2, 0.25) is 5.02 Å². The zero-order chi connectivity index (χ0) is 14.3. The van der Waals surface area contributed by atoms with Gasteiger partial charge in [-0.15, -0.1) is 0 Å². The van der Waals surface area contributed by atoms with E-state index in [4.69, 9.17) is 11.6 Å². The lowest BCUT2D eigenvalue weighted by atomic mass is 10.2. The van der Waals surface area contributed by atoms with Gasteiger partial charge in [0.2, 0.25) is 0 Å². The van der Waals surface area contributed by atoms with Gasteiger partial charge in [0.15, 0.2) is 9.84 Å². The Kier molecular flexibility index (Phi) is 6.79. The Bertz CT molecular complexity index is 490. The third-order valence-electron chi connectivity index (χ3n) is 2.59. The van der Waals surface area contributed by atoms with E-state index in [1.807, 2.05) is 6.92 Å². The first-order chi connectivity index (χ1) is 8.94. The van der Waals surface area contributed by atoms with Gasteiger partial charge in [-0.3, -0.25) is 0 Å². The SMILES string of the molecule is CCCNCC(O)CS(=O)(=O)Cc1ccccc1Cl. The second kappa shape index (κ2) is 7.85. The van der Waals surface area contributed by atoms with Crippen molar-refractivity contribution in [1.29, 1.82) is 0 Å². The Hall–Kier alpha value is -0.620. The van der Waals surface area contributed by atoms with Crippen molar-refractivity contribution < 1.29 is 13.5 Å². The number of aliphatic hydroxyl groups is 1. The molecule has 0 aromatic heterocycles. The summed E-state index contributed by atoms with van der Waals surface area (Å²) in [5.74, 6) is -0.396. The molecule has 0 aliphatic rings. The number of aliphatic hydroxyl groups excluding tert-OH is 1. The zero-order valence-electron chi connectivity index (χ0n) is 11.0. The maximum Gasteiger partial charge on any atom is 0.157 e. The molecule has 1 atom stereocenters. The number of rotatable bonds is 8. The molecule has 0 bridgehead atoms. The van der Waals surface area contributed by atoms with Crippen LogP contribution in [0.1, 0.15) is 18.9 Å². The number of benzene rings is 1. The highest BCUT2D eigenvalue weighted by Gasteiger charge is 2.18. The third kappa shape index (κ3) is 6.38. The Morgan fingerprint density at radius 3 is 2.68 bits per heavy atom. The fourth-order valence-electron chi connectivity index (χ4n) is 1.71. The summed E-state index contributed by atoms with van der Waals surface area (Å²) in [4.78, 5) is 0. The molecule has 0 aliphatic heterocycles. The van der Waals surface area contributed by atoms with Crippen LogP contribution in [0.4, 0.5) is 0 Å². The molecule has 0 fully saturated rings. The maximum absolute atomic E-state index is 11.9. The molecular formula is C13H20ClNO3S. The third-order valence-corrected chi connectivity index (χ3v) is 4.60. The molecule has 1 aromatic carbocycles. The average Bonchev–Trinajstić information content (AvgIpc) is 2.31. The Morgan fingerprint density at radius 2 is 2.05 bits per heavy atom. The summed E-state index contributed by atoms with van der Waals surface area (Å²) in [5, 5.41) is 13.1. The smallest absolute Gasteiger partial charge is 0.157 e. The standard InChI is InChI=1S/C13H20ClNO3S/c1-2-7-15-8-12(16)10-19(17,18)9-11-5-3-4-6-13(11)14/h3-6,12,15-16H,2,7-10H2,1H3. The monoisotopic (exact) mass is 305 g/mol. The predicted octanol–water partition coefficient (Wildman–Crippen LogP) is 1.62. The first-order valence-electron chi connectivity index (χ1n) is 6.27. The van der Waals surface area contributed by atoms with E-state index < -0.39 is 15.9 Å². The molecule has 108 valence electrons. The fraction of sp³-hybridized carbons (Fsp3) is 0.538. The van der Waals surface area contributed by atoms with Crippen LogP contribution in [0, 0.1) is 0 Å². The Balaban J connectivity index is 2.55. The second-order valence-electron chi connectivity index (χ2n) is 4.50. The summed E-state index contributed by atoms with van der Waals surface area (Å²) >= 11 is 5.93. The van der Waals surface area contributed by atoms with E-state index >= 15 is 0 Å². The molecule has 0 saturated heterocycles. The van der Waals surface area contributed by atoms with E-state index in [0.717, 1.165) is 13.0 Å². The zero-order valence-corrected chi connectivity index (χ0v) is 12.5. The minimum atomic E-state index is -3.37. The molecule has 0 saturated carbocycles. The molecule has 0 spiro atoms. The van der Waals surface area contributed by atoms with Gasteiger partial charge in [0.25, 0.3) is 0 Å². The molecule has 0 amide bonds. The van der Waals surface area contributed by atoms with Gasteiger partial charge in [0, 0.05) is 11.6 Å². The highest BCUT2D eigenvalue weighted by Crippen LogP contribution is 2.18. The molecular weight excluding hydrogens is 286 g/mol. The Labute approximate surface area is 119 Å². The van der Waals surface area contributed by atoms with Crippen molar-refractivity contribution in [3.8, 4) is 0 Å². The van der Waals surface area contributed by atoms with Gasteiger partial charge in [-0.2, -0.15) is 0 Å². The first kappa shape index (κ1) is 16.4. The molecule has 0 aliphatic carbocycles. The molecule has 1 unspecified atom stereocenters. The lowest BCUT2D eigenvalue weighted by Crippen LogP contribution is -2.33. The van der Waals surface area contributed by atoms with Crippen LogP contribution in [0.3, 0.4) is 0 Å².